The summed E-state index contributed by atoms with van der Waals surface area (Å²) in [5.41, 5.74) is 0. The maximum absolute atomic E-state index is 10.5. The predicted molar refractivity (Wildman–Crippen MR) is 119 cm³/mol. The van der Waals surface area contributed by atoms with Gasteiger partial charge in [0.15, 0.2) is 0 Å². The molecule has 0 aliphatic carbocycles. The first-order valence-electron chi connectivity index (χ1n) is 12.1. The average Bonchev–Trinajstić information content (AvgIpc) is 2.64. The van der Waals surface area contributed by atoms with Crippen molar-refractivity contribution < 1.29 is 47.6 Å². The second-order valence-corrected chi connectivity index (χ2v) is 10.0. The van der Waals surface area contributed by atoms with Crippen LogP contribution < -0.4 is 29.6 Å². The van der Waals surface area contributed by atoms with E-state index in [0.717, 1.165) is 38.5 Å². The van der Waals surface area contributed by atoms with Gasteiger partial charge in [0, 0.05) is 5.75 Å². The maximum atomic E-state index is 10.5. The number of hydrogen-bond donors (Lipinski definition) is 1. The third-order valence-electron chi connectivity index (χ3n) is 5.57. The Morgan fingerprint density at radius 3 is 1.28 bits per heavy atom. The monoisotopic (exact) mass is 442 g/mol. The summed E-state index contributed by atoms with van der Waals surface area (Å²) in [7, 11) is -4.02. The van der Waals surface area contributed by atoms with Gasteiger partial charge in [0.2, 0.25) is 0 Å². The summed E-state index contributed by atoms with van der Waals surface area (Å²) in [6.07, 6.45) is 23.3. The molecule has 29 heavy (non-hydrogen) atoms. The third-order valence-corrected chi connectivity index (χ3v) is 6.36. The van der Waals surface area contributed by atoms with E-state index in [0.29, 0.717) is 6.42 Å². The van der Waals surface area contributed by atoms with Gasteiger partial charge in [-0.2, -0.15) is 0 Å². The van der Waals surface area contributed by atoms with Gasteiger partial charge in [0.1, 0.15) is 0 Å². The molecule has 0 saturated carbocycles. The standard InChI is InChI=1S/C23H48O4S.Na/c1-2-3-4-5-14-17-20-23(24)21-18-15-12-10-8-6-7-9-11-13-16-19-22-28(25,26)27;/h23-24H,2-22H2,1H3,(H,25,26,27);/q;+1/p-1. The van der Waals surface area contributed by atoms with E-state index >= 15 is 0 Å². The van der Waals surface area contributed by atoms with Crippen LogP contribution in [0.15, 0.2) is 0 Å². The molecule has 0 rings (SSSR count). The van der Waals surface area contributed by atoms with Crippen LogP contribution >= 0.6 is 0 Å². The molecule has 0 fully saturated rings. The fourth-order valence-electron chi connectivity index (χ4n) is 3.73. The number of hydrogen-bond acceptors (Lipinski definition) is 4. The molecule has 0 aromatic rings. The van der Waals surface area contributed by atoms with Crippen molar-refractivity contribution in [2.24, 2.45) is 0 Å². The molecule has 0 aliphatic heterocycles. The van der Waals surface area contributed by atoms with E-state index in [4.69, 9.17) is 0 Å². The molecule has 1 N–H and O–H groups in total. The van der Waals surface area contributed by atoms with Crippen LogP contribution in [0, 0.1) is 0 Å². The Labute approximate surface area is 204 Å². The third kappa shape index (κ3) is 28.9. The molecule has 0 radical (unpaired) electrons. The fraction of sp³-hybridized carbons (Fsp3) is 1.00. The molecule has 0 bridgehead atoms. The Balaban J connectivity index is 0. The smallest absolute Gasteiger partial charge is 0.748 e. The molecule has 0 saturated heterocycles. The second kappa shape index (κ2) is 23.5. The molecule has 0 aliphatic rings. The van der Waals surface area contributed by atoms with Crippen molar-refractivity contribution in [2.45, 2.75) is 141 Å². The van der Waals surface area contributed by atoms with E-state index in [2.05, 4.69) is 6.92 Å². The Kier molecular flexibility index (Phi) is 26.0. The number of aliphatic hydroxyl groups excluding tert-OH is 1. The Bertz CT molecular complexity index is 415. The van der Waals surface area contributed by atoms with Gasteiger partial charge in [-0.15, -0.1) is 0 Å². The molecule has 1 atom stereocenters. The summed E-state index contributed by atoms with van der Waals surface area (Å²) in [6.45, 7) is 2.24. The van der Waals surface area contributed by atoms with Crippen LogP contribution in [-0.4, -0.2) is 29.9 Å². The second-order valence-electron chi connectivity index (χ2n) is 8.50. The molecule has 0 amide bonds. The first-order chi connectivity index (χ1) is 13.5. The molecule has 0 aromatic carbocycles. The minimum atomic E-state index is -4.02. The van der Waals surface area contributed by atoms with Crippen molar-refractivity contribution >= 4 is 10.1 Å². The van der Waals surface area contributed by atoms with E-state index < -0.39 is 10.1 Å². The summed E-state index contributed by atoms with van der Waals surface area (Å²) >= 11 is 0. The van der Waals surface area contributed by atoms with Crippen molar-refractivity contribution in [1.29, 1.82) is 0 Å². The van der Waals surface area contributed by atoms with E-state index in [1.807, 2.05) is 0 Å². The van der Waals surface area contributed by atoms with Gasteiger partial charge in [-0.3, -0.25) is 0 Å². The van der Waals surface area contributed by atoms with Crippen molar-refractivity contribution in [3.05, 3.63) is 0 Å². The largest absolute Gasteiger partial charge is 1.00 e. The minimum absolute atomic E-state index is 0. The number of unbranched alkanes of at least 4 members (excludes halogenated alkanes) is 16. The van der Waals surface area contributed by atoms with Crippen LogP contribution in [0.25, 0.3) is 0 Å². The molecule has 0 spiro atoms. The van der Waals surface area contributed by atoms with Crippen LogP contribution in [0.5, 0.6) is 0 Å². The fourth-order valence-corrected chi connectivity index (χ4v) is 4.29. The van der Waals surface area contributed by atoms with Crippen LogP contribution in [0.4, 0.5) is 0 Å². The quantitative estimate of drug-likeness (QED) is 0.157. The topological polar surface area (TPSA) is 77.4 Å². The molecule has 4 nitrogen and oxygen atoms in total. The first kappa shape index (κ1) is 32.1. The summed E-state index contributed by atoms with van der Waals surface area (Å²) in [5, 5.41) is 10.0. The van der Waals surface area contributed by atoms with Crippen LogP contribution in [-0.2, 0) is 10.1 Å². The Hall–Kier alpha value is 0.870. The normalized spacial score (nSPS) is 12.7. The molecular formula is C23H47NaO4S. The molecule has 6 heteroatoms. The maximum Gasteiger partial charge on any atom is 1.00 e. The SMILES string of the molecule is CCCCCCCCC(O)CCCCCCCCCCCCCCS(=O)(=O)[O-].[Na+]. The summed E-state index contributed by atoms with van der Waals surface area (Å²) in [5.74, 6) is -0.205. The zero-order valence-corrected chi connectivity index (χ0v) is 22.3. The Morgan fingerprint density at radius 2 is 0.931 bits per heavy atom. The van der Waals surface area contributed by atoms with Gasteiger partial charge >= 0.3 is 29.6 Å². The van der Waals surface area contributed by atoms with E-state index in [9.17, 15) is 18.1 Å². The molecular weight excluding hydrogens is 395 g/mol. The zero-order valence-electron chi connectivity index (χ0n) is 19.5. The van der Waals surface area contributed by atoms with Crippen molar-refractivity contribution in [3.8, 4) is 0 Å². The van der Waals surface area contributed by atoms with Gasteiger partial charge < -0.3 is 9.66 Å². The number of rotatable bonds is 22. The van der Waals surface area contributed by atoms with Gasteiger partial charge in [-0.25, -0.2) is 8.42 Å². The number of aliphatic hydroxyl groups is 1. The van der Waals surface area contributed by atoms with Gasteiger partial charge in [-0.1, -0.05) is 116 Å². The zero-order chi connectivity index (χ0) is 20.9. The summed E-state index contributed by atoms with van der Waals surface area (Å²) in [6, 6.07) is 0. The van der Waals surface area contributed by atoms with E-state index in [-0.39, 0.29) is 41.4 Å². The summed E-state index contributed by atoms with van der Waals surface area (Å²) in [4.78, 5) is 0. The summed E-state index contributed by atoms with van der Waals surface area (Å²) < 4.78 is 31.4. The predicted octanol–water partition coefficient (Wildman–Crippen LogP) is 3.72. The van der Waals surface area contributed by atoms with Crippen molar-refractivity contribution in [2.75, 3.05) is 5.75 Å². The van der Waals surface area contributed by atoms with Gasteiger partial charge in [0.25, 0.3) is 0 Å². The van der Waals surface area contributed by atoms with Crippen LogP contribution in [0.2, 0.25) is 0 Å². The van der Waals surface area contributed by atoms with Crippen LogP contribution in [0.1, 0.15) is 135 Å². The molecule has 0 heterocycles. The van der Waals surface area contributed by atoms with E-state index in [1.54, 1.807) is 0 Å². The van der Waals surface area contributed by atoms with E-state index in [1.165, 1.54) is 83.5 Å². The average molecular weight is 443 g/mol. The molecule has 1 unspecified atom stereocenters. The minimum Gasteiger partial charge on any atom is -0.748 e. The Morgan fingerprint density at radius 1 is 0.621 bits per heavy atom. The van der Waals surface area contributed by atoms with Crippen LogP contribution in [0.3, 0.4) is 0 Å². The molecule has 170 valence electrons. The van der Waals surface area contributed by atoms with Gasteiger partial charge in [-0.05, 0) is 19.3 Å². The van der Waals surface area contributed by atoms with Crippen molar-refractivity contribution in [3.63, 3.8) is 0 Å². The van der Waals surface area contributed by atoms with Crippen molar-refractivity contribution in [1.82, 2.24) is 0 Å². The van der Waals surface area contributed by atoms with Gasteiger partial charge in [0.05, 0.1) is 16.2 Å². The first-order valence-corrected chi connectivity index (χ1v) is 13.6. The molecule has 0 aromatic heterocycles.